The minimum Gasteiger partial charge on any atom is -0.301 e. The van der Waals surface area contributed by atoms with Crippen LogP contribution in [0.3, 0.4) is 0 Å². The zero-order valence-corrected chi connectivity index (χ0v) is 26.0. The van der Waals surface area contributed by atoms with Crippen LogP contribution < -0.4 is 0 Å². The van der Waals surface area contributed by atoms with Crippen molar-refractivity contribution in [1.29, 1.82) is 0 Å². The molecule has 6 aromatic carbocycles. The second-order valence-corrected chi connectivity index (χ2v) is 14.6. The van der Waals surface area contributed by atoms with E-state index in [1.807, 2.05) is 22.7 Å². The maximum Gasteiger partial charge on any atom is 0.109 e. The van der Waals surface area contributed by atoms with Crippen molar-refractivity contribution in [2.24, 2.45) is 0 Å². The monoisotopic (exact) mass is 597 g/mol. The molecule has 1 nitrogen and oxygen atoms in total. The van der Waals surface area contributed by atoms with Crippen LogP contribution in [-0.4, -0.2) is 4.57 Å². The summed E-state index contributed by atoms with van der Waals surface area (Å²) in [6, 6.07) is 47.4. The normalized spacial score (nSPS) is 13.9. The largest absolute Gasteiger partial charge is 0.301 e. The average molecular weight is 598 g/mol. The standard InChI is InChI=1S/C41H27NS2/c1-41(2)32-14-8-6-12-27(32)28-18-17-26(23-33(28)41)42-34-20-19-29-31-22-25(24-10-4-3-5-11-24)16-21-36(31)43-39(29)38(34)37-30-13-7-9-15-35(30)44-40(37)42/h3-23H,1-2H3. The fourth-order valence-corrected chi connectivity index (χ4v) is 10.2. The fourth-order valence-electron chi connectivity index (χ4n) is 7.70. The highest BCUT2D eigenvalue weighted by Gasteiger charge is 2.35. The van der Waals surface area contributed by atoms with Crippen LogP contribution in [0, 0.1) is 0 Å². The summed E-state index contributed by atoms with van der Waals surface area (Å²) in [5, 5.41) is 6.78. The maximum atomic E-state index is 2.54. The summed E-state index contributed by atoms with van der Waals surface area (Å²) >= 11 is 3.85. The van der Waals surface area contributed by atoms with Gasteiger partial charge in [0.15, 0.2) is 0 Å². The molecule has 1 aliphatic rings. The van der Waals surface area contributed by atoms with Gasteiger partial charge in [-0.25, -0.2) is 0 Å². The molecule has 9 aromatic rings. The molecule has 0 spiro atoms. The lowest BCUT2D eigenvalue weighted by Gasteiger charge is -2.22. The van der Waals surface area contributed by atoms with Crippen LogP contribution >= 0.6 is 22.7 Å². The second-order valence-electron chi connectivity index (χ2n) is 12.5. The molecule has 44 heavy (non-hydrogen) atoms. The van der Waals surface area contributed by atoms with Gasteiger partial charge in [-0.3, -0.25) is 0 Å². The Morgan fingerprint density at radius 1 is 0.523 bits per heavy atom. The number of aromatic nitrogens is 1. The molecule has 3 aromatic heterocycles. The summed E-state index contributed by atoms with van der Waals surface area (Å²) in [4.78, 5) is 1.32. The Bertz CT molecular complexity index is 2630. The smallest absolute Gasteiger partial charge is 0.109 e. The van der Waals surface area contributed by atoms with Crippen molar-refractivity contribution in [2.45, 2.75) is 19.3 Å². The van der Waals surface area contributed by atoms with Gasteiger partial charge < -0.3 is 4.57 Å². The number of hydrogen-bond donors (Lipinski definition) is 0. The minimum absolute atomic E-state index is 0.0423. The van der Waals surface area contributed by atoms with E-state index in [1.165, 1.54) is 90.4 Å². The number of nitrogens with zero attached hydrogens (tertiary/aromatic N) is 1. The Kier molecular flexibility index (Phi) is 4.88. The average Bonchev–Trinajstić information content (AvgIpc) is 3.77. The van der Waals surface area contributed by atoms with Crippen molar-refractivity contribution in [3.63, 3.8) is 0 Å². The van der Waals surface area contributed by atoms with Crippen molar-refractivity contribution in [2.75, 3.05) is 0 Å². The van der Waals surface area contributed by atoms with Crippen molar-refractivity contribution in [3.8, 4) is 27.9 Å². The number of rotatable bonds is 2. The first kappa shape index (κ1) is 24.7. The van der Waals surface area contributed by atoms with Crippen molar-refractivity contribution in [3.05, 3.63) is 139 Å². The van der Waals surface area contributed by atoms with Gasteiger partial charge in [-0.15, -0.1) is 22.7 Å². The van der Waals surface area contributed by atoms with Gasteiger partial charge in [0.05, 0.1) is 5.52 Å². The zero-order chi connectivity index (χ0) is 29.2. The van der Waals surface area contributed by atoms with Gasteiger partial charge in [-0.1, -0.05) is 105 Å². The Morgan fingerprint density at radius 2 is 1.30 bits per heavy atom. The van der Waals surface area contributed by atoms with E-state index in [9.17, 15) is 0 Å². The van der Waals surface area contributed by atoms with Crippen molar-refractivity contribution >= 4 is 74.1 Å². The summed E-state index contributed by atoms with van der Waals surface area (Å²) in [7, 11) is 0. The highest BCUT2D eigenvalue weighted by molar-refractivity contribution is 7.28. The number of benzene rings is 6. The van der Waals surface area contributed by atoms with Gasteiger partial charge in [0.1, 0.15) is 4.83 Å². The highest BCUT2D eigenvalue weighted by Crippen LogP contribution is 2.51. The number of hydrogen-bond acceptors (Lipinski definition) is 2. The molecular formula is C41H27NS2. The molecule has 0 N–H and O–H groups in total. The van der Waals surface area contributed by atoms with Crippen LogP contribution in [0.1, 0.15) is 25.0 Å². The van der Waals surface area contributed by atoms with E-state index >= 15 is 0 Å². The summed E-state index contributed by atoms with van der Waals surface area (Å²) in [6.07, 6.45) is 0. The Hall–Kier alpha value is -4.70. The first-order valence-electron chi connectivity index (χ1n) is 15.2. The molecule has 0 aliphatic heterocycles. The van der Waals surface area contributed by atoms with E-state index in [4.69, 9.17) is 0 Å². The Labute approximate surface area is 263 Å². The fraction of sp³-hybridized carbons (Fsp3) is 0.0732. The van der Waals surface area contributed by atoms with E-state index in [-0.39, 0.29) is 5.41 Å². The number of fused-ring (bicyclic) bond motifs is 12. The van der Waals surface area contributed by atoms with E-state index < -0.39 is 0 Å². The Morgan fingerprint density at radius 3 is 2.20 bits per heavy atom. The van der Waals surface area contributed by atoms with Crippen LogP contribution in [0.15, 0.2) is 127 Å². The van der Waals surface area contributed by atoms with Crippen LogP contribution in [-0.2, 0) is 5.41 Å². The summed E-state index contributed by atoms with van der Waals surface area (Å²) in [5.74, 6) is 0. The predicted molar refractivity (Wildman–Crippen MR) is 192 cm³/mol. The molecule has 208 valence electrons. The summed E-state index contributed by atoms with van der Waals surface area (Å²) in [5.41, 5.74) is 10.6. The van der Waals surface area contributed by atoms with Crippen molar-refractivity contribution < 1.29 is 0 Å². The molecule has 0 amide bonds. The molecule has 3 heteroatoms. The third-order valence-electron chi connectivity index (χ3n) is 9.82. The van der Waals surface area contributed by atoms with Gasteiger partial charge in [0.25, 0.3) is 0 Å². The van der Waals surface area contributed by atoms with Gasteiger partial charge in [-0.2, -0.15) is 0 Å². The zero-order valence-electron chi connectivity index (χ0n) is 24.4. The predicted octanol–water partition coefficient (Wildman–Crippen LogP) is 12.3. The third-order valence-corrected chi connectivity index (χ3v) is 12.2. The third kappa shape index (κ3) is 3.18. The van der Waals surface area contributed by atoms with E-state index in [2.05, 4.69) is 146 Å². The van der Waals surface area contributed by atoms with Crippen molar-refractivity contribution in [1.82, 2.24) is 4.57 Å². The maximum absolute atomic E-state index is 2.54. The number of thiophene rings is 2. The Balaban J connectivity index is 1.29. The molecular weight excluding hydrogens is 571 g/mol. The van der Waals surface area contributed by atoms with Gasteiger partial charge >= 0.3 is 0 Å². The van der Waals surface area contributed by atoms with Gasteiger partial charge in [-0.05, 0) is 69.8 Å². The van der Waals surface area contributed by atoms with E-state index in [0.717, 1.165) is 0 Å². The quantitative estimate of drug-likeness (QED) is 0.187. The molecule has 0 saturated carbocycles. The molecule has 0 fully saturated rings. The van der Waals surface area contributed by atoms with Crippen LogP contribution in [0.4, 0.5) is 0 Å². The van der Waals surface area contributed by atoms with Gasteiger partial charge in [0, 0.05) is 52.1 Å². The molecule has 3 heterocycles. The van der Waals surface area contributed by atoms with E-state index in [0.29, 0.717) is 0 Å². The van der Waals surface area contributed by atoms with Crippen LogP contribution in [0.5, 0.6) is 0 Å². The van der Waals surface area contributed by atoms with Crippen LogP contribution in [0.25, 0.3) is 79.3 Å². The topological polar surface area (TPSA) is 4.93 Å². The summed E-state index contributed by atoms with van der Waals surface area (Å²) in [6.45, 7) is 4.74. The molecule has 0 atom stereocenters. The SMILES string of the molecule is CC1(C)c2ccccc2-c2ccc(-n3c4ccc5c6cc(-c7ccccc7)ccc6sc5c4c4c5ccccc5sc43)cc21. The lowest BCUT2D eigenvalue weighted by molar-refractivity contribution is 0.660. The highest BCUT2D eigenvalue weighted by atomic mass is 32.1. The minimum atomic E-state index is -0.0423. The molecule has 10 rings (SSSR count). The lowest BCUT2D eigenvalue weighted by Crippen LogP contribution is -2.15. The molecule has 0 radical (unpaired) electrons. The van der Waals surface area contributed by atoms with E-state index in [1.54, 1.807) is 0 Å². The lowest BCUT2D eigenvalue weighted by atomic mass is 9.82. The molecule has 1 aliphatic carbocycles. The second kappa shape index (κ2) is 8.69. The molecule has 0 unspecified atom stereocenters. The molecule has 0 saturated heterocycles. The van der Waals surface area contributed by atoms with Crippen LogP contribution in [0.2, 0.25) is 0 Å². The molecule has 0 bridgehead atoms. The first-order valence-corrected chi connectivity index (χ1v) is 16.8. The summed E-state index contributed by atoms with van der Waals surface area (Å²) < 4.78 is 6.59. The van der Waals surface area contributed by atoms with Gasteiger partial charge in [0.2, 0.25) is 0 Å². The first-order chi connectivity index (χ1) is 21.6.